The van der Waals surface area contributed by atoms with Crippen molar-refractivity contribution >= 4 is 21.8 Å². The Morgan fingerprint density at radius 1 is 0.412 bits per heavy atom. The average molecular weight is 659 g/mol. The van der Waals surface area contributed by atoms with E-state index in [2.05, 4.69) is 96.4 Å². The van der Waals surface area contributed by atoms with Crippen LogP contribution in [0.5, 0.6) is 0 Å². The smallest absolute Gasteiger partial charge is 0.164 e. The first-order valence-corrected chi connectivity index (χ1v) is 17.0. The van der Waals surface area contributed by atoms with Crippen molar-refractivity contribution in [1.82, 2.24) is 19.5 Å². The van der Waals surface area contributed by atoms with Crippen LogP contribution in [0.3, 0.4) is 0 Å². The fraction of sp³-hybridized carbons (Fsp3) is 0.0217. The molecule has 0 saturated heterocycles. The van der Waals surface area contributed by atoms with E-state index in [1.807, 2.05) is 60.7 Å². The summed E-state index contributed by atoms with van der Waals surface area (Å²) in [5, 5.41) is 2.35. The fourth-order valence-corrected chi connectivity index (χ4v) is 6.98. The van der Waals surface area contributed by atoms with E-state index in [1.54, 1.807) is 12.1 Å². The molecular weight excluding hydrogens is 628 g/mol. The molecule has 0 spiro atoms. The summed E-state index contributed by atoms with van der Waals surface area (Å²) in [6.45, 7) is 2.15. The molecule has 7 aromatic carbocycles. The van der Waals surface area contributed by atoms with Gasteiger partial charge in [-0.05, 0) is 77.2 Å². The molecule has 0 unspecified atom stereocenters. The van der Waals surface area contributed by atoms with Crippen LogP contribution in [0.15, 0.2) is 170 Å². The van der Waals surface area contributed by atoms with Crippen molar-refractivity contribution in [3.8, 4) is 62.1 Å². The number of aryl methyl sites for hydroxylation is 1. The van der Waals surface area contributed by atoms with E-state index >= 15 is 0 Å². The minimum absolute atomic E-state index is 0.287. The summed E-state index contributed by atoms with van der Waals surface area (Å²) in [5.74, 6) is 1.41. The van der Waals surface area contributed by atoms with Crippen LogP contribution in [0.1, 0.15) is 5.56 Å². The van der Waals surface area contributed by atoms with Crippen molar-refractivity contribution in [3.63, 3.8) is 0 Å². The Morgan fingerprint density at radius 3 is 1.71 bits per heavy atom. The molecule has 0 radical (unpaired) electrons. The first-order chi connectivity index (χ1) is 25.1. The zero-order chi connectivity index (χ0) is 34.3. The molecule has 0 fully saturated rings. The Morgan fingerprint density at radius 2 is 1.00 bits per heavy atom. The predicted octanol–water partition coefficient (Wildman–Crippen LogP) is 11.8. The van der Waals surface area contributed by atoms with Crippen LogP contribution in [0.4, 0.5) is 4.39 Å². The average Bonchev–Trinajstić information content (AvgIpc) is 3.52. The molecule has 0 aliphatic heterocycles. The Labute approximate surface area is 295 Å². The Kier molecular flexibility index (Phi) is 7.51. The lowest BCUT2D eigenvalue weighted by Crippen LogP contribution is -2.02. The highest BCUT2D eigenvalue weighted by Gasteiger charge is 2.19. The van der Waals surface area contributed by atoms with Crippen molar-refractivity contribution < 1.29 is 4.39 Å². The molecule has 242 valence electrons. The maximum absolute atomic E-state index is 14.2. The second-order valence-corrected chi connectivity index (χ2v) is 12.7. The monoisotopic (exact) mass is 658 g/mol. The van der Waals surface area contributed by atoms with E-state index in [1.165, 1.54) is 39.6 Å². The standard InChI is InChI=1S/C46H31FN4/c1-30-12-8-9-17-37(30)34-22-27-43-40(28-34)39-18-10-11-19-42(39)51(43)36-25-26-38(31-20-23-35(47)24-21-31)41(29-36)46-49-44(32-13-4-2-5-14-32)48-45(50-46)33-15-6-3-7-16-33/h2-29H,1H3. The van der Waals surface area contributed by atoms with Crippen LogP contribution < -0.4 is 0 Å². The van der Waals surface area contributed by atoms with Gasteiger partial charge in [0, 0.05) is 33.2 Å². The van der Waals surface area contributed by atoms with Crippen molar-refractivity contribution in [3.05, 3.63) is 181 Å². The highest BCUT2D eigenvalue weighted by Crippen LogP contribution is 2.39. The summed E-state index contributed by atoms with van der Waals surface area (Å²) in [6.07, 6.45) is 0. The van der Waals surface area contributed by atoms with Gasteiger partial charge in [0.05, 0.1) is 11.0 Å². The van der Waals surface area contributed by atoms with Crippen molar-refractivity contribution in [2.75, 3.05) is 0 Å². The second-order valence-electron chi connectivity index (χ2n) is 12.7. The van der Waals surface area contributed by atoms with Crippen molar-refractivity contribution in [2.45, 2.75) is 6.92 Å². The summed E-state index contributed by atoms with van der Waals surface area (Å²) in [7, 11) is 0. The van der Waals surface area contributed by atoms with Gasteiger partial charge >= 0.3 is 0 Å². The highest BCUT2D eigenvalue weighted by atomic mass is 19.1. The van der Waals surface area contributed by atoms with Gasteiger partial charge in [0.2, 0.25) is 0 Å². The summed E-state index contributed by atoms with van der Waals surface area (Å²) >= 11 is 0. The van der Waals surface area contributed by atoms with Crippen LogP contribution >= 0.6 is 0 Å². The van der Waals surface area contributed by atoms with E-state index in [4.69, 9.17) is 15.0 Å². The molecule has 0 amide bonds. The third-order valence-corrected chi connectivity index (χ3v) is 9.49. The zero-order valence-corrected chi connectivity index (χ0v) is 27.8. The molecular formula is C46H31FN4. The number of benzene rings is 7. The van der Waals surface area contributed by atoms with E-state index in [9.17, 15) is 4.39 Å². The van der Waals surface area contributed by atoms with Gasteiger partial charge in [-0.3, -0.25) is 0 Å². The number of nitrogens with zero attached hydrogens (tertiary/aromatic N) is 4. The second kappa shape index (κ2) is 12.6. The molecule has 4 nitrogen and oxygen atoms in total. The molecule has 0 N–H and O–H groups in total. The van der Waals surface area contributed by atoms with Gasteiger partial charge < -0.3 is 4.57 Å². The number of halogens is 1. The third-order valence-electron chi connectivity index (χ3n) is 9.49. The Bertz CT molecular complexity index is 2640. The number of rotatable bonds is 6. The molecule has 0 bridgehead atoms. The maximum atomic E-state index is 14.2. The molecule has 5 heteroatoms. The minimum Gasteiger partial charge on any atom is -0.309 e. The largest absolute Gasteiger partial charge is 0.309 e. The van der Waals surface area contributed by atoms with Crippen LogP contribution in [0.25, 0.3) is 83.9 Å². The number of aromatic nitrogens is 4. The molecule has 0 aliphatic rings. The summed E-state index contributed by atoms with van der Waals surface area (Å²) < 4.78 is 16.5. The van der Waals surface area contributed by atoms with Crippen LogP contribution in [0.2, 0.25) is 0 Å². The highest BCUT2D eigenvalue weighted by molar-refractivity contribution is 6.10. The number of hydrogen-bond acceptors (Lipinski definition) is 3. The number of fused-ring (bicyclic) bond motifs is 3. The number of hydrogen-bond donors (Lipinski definition) is 0. The van der Waals surface area contributed by atoms with Gasteiger partial charge in [0.15, 0.2) is 17.5 Å². The molecule has 9 aromatic rings. The van der Waals surface area contributed by atoms with Gasteiger partial charge in [-0.1, -0.05) is 127 Å². The fourth-order valence-electron chi connectivity index (χ4n) is 6.98. The lowest BCUT2D eigenvalue weighted by Gasteiger charge is -2.15. The van der Waals surface area contributed by atoms with Gasteiger partial charge in [-0.2, -0.15) is 0 Å². The van der Waals surface area contributed by atoms with E-state index in [0.29, 0.717) is 17.5 Å². The van der Waals surface area contributed by atoms with Crippen LogP contribution in [-0.4, -0.2) is 19.5 Å². The molecule has 9 rings (SSSR count). The lowest BCUT2D eigenvalue weighted by atomic mass is 9.98. The quantitative estimate of drug-likeness (QED) is 0.179. The molecule has 0 saturated carbocycles. The van der Waals surface area contributed by atoms with Crippen LogP contribution in [0, 0.1) is 12.7 Å². The molecule has 2 heterocycles. The Balaban J connectivity index is 1.30. The van der Waals surface area contributed by atoms with Gasteiger partial charge in [-0.15, -0.1) is 0 Å². The first-order valence-electron chi connectivity index (χ1n) is 17.0. The predicted molar refractivity (Wildman–Crippen MR) is 206 cm³/mol. The van der Waals surface area contributed by atoms with Gasteiger partial charge in [0.1, 0.15) is 5.82 Å². The summed E-state index contributed by atoms with van der Waals surface area (Å²) in [4.78, 5) is 15.1. The molecule has 0 aliphatic carbocycles. The van der Waals surface area contributed by atoms with E-state index in [-0.39, 0.29) is 5.82 Å². The summed E-state index contributed by atoms with van der Waals surface area (Å²) in [5.41, 5.74) is 11.2. The molecule has 2 aromatic heterocycles. The van der Waals surface area contributed by atoms with Gasteiger partial charge in [-0.25, -0.2) is 19.3 Å². The third kappa shape index (κ3) is 5.55. The normalized spacial score (nSPS) is 11.3. The van der Waals surface area contributed by atoms with E-state index in [0.717, 1.165) is 44.5 Å². The SMILES string of the molecule is Cc1ccccc1-c1ccc2c(c1)c1ccccc1n2-c1ccc(-c2ccc(F)cc2)c(-c2nc(-c3ccccc3)nc(-c3ccccc3)n2)c1. The molecule has 51 heavy (non-hydrogen) atoms. The Hall–Kier alpha value is -6.72. The lowest BCUT2D eigenvalue weighted by molar-refractivity contribution is 0.628. The minimum atomic E-state index is -0.287. The van der Waals surface area contributed by atoms with E-state index < -0.39 is 0 Å². The number of para-hydroxylation sites is 1. The zero-order valence-electron chi connectivity index (χ0n) is 27.8. The maximum Gasteiger partial charge on any atom is 0.164 e. The van der Waals surface area contributed by atoms with Gasteiger partial charge in [0.25, 0.3) is 0 Å². The van der Waals surface area contributed by atoms with Crippen molar-refractivity contribution in [1.29, 1.82) is 0 Å². The first kappa shape index (κ1) is 30.3. The van der Waals surface area contributed by atoms with Crippen molar-refractivity contribution in [2.24, 2.45) is 0 Å². The molecule has 0 atom stereocenters. The summed E-state index contributed by atoms with van der Waals surface area (Å²) in [6, 6.07) is 56.6. The topological polar surface area (TPSA) is 43.6 Å². The van der Waals surface area contributed by atoms with Crippen LogP contribution in [-0.2, 0) is 0 Å².